The molecule has 3 saturated heterocycles. The molecule has 0 spiro atoms. The first-order valence-electron chi connectivity index (χ1n) is 8.31. The number of aromatic nitrogens is 2. The second kappa shape index (κ2) is 6.33. The van der Waals surface area contributed by atoms with Gasteiger partial charge in [0, 0.05) is 50.5 Å². The van der Waals surface area contributed by atoms with Gasteiger partial charge < -0.3 is 15.1 Å². The van der Waals surface area contributed by atoms with Crippen molar-refractivity contribution < 1.29 is 9.59 Å². The van der Waals surface area contributed by atoms with Crippen molar-refractivity contribution in [3.05, 3.63) is 18.5 Å². The van der Waals surface area contributed by atoms with Crippen molar-refractivity contribution in [3.8, 4) is 0 Å². The lowest BCUT2D eigenvalue weighted by molar-refractivity contribution is -0.140. The van der Waals surface area contributed by atoms with Crippen molar-refractivity contribution in [2.45, 2.75) is 18.5 Å². The Bertz CT molecular complexity index is 626. The van der Waals surface area contributed by atoms with Crippen LogP contribution < -0.4 is 21.1 Å². The fourth-order valence-corrected chi connectivity index (χ4v) is 3.71. The molecule has 3 N–H and O–H groups in total. The molecule has 4 rings (SSSR count). The number of nitrogens with one attached hydrogen (secondary N) is 3. The highest BCUT2D eigenvalue weighted by Gasteiger charge is 2.45. The molecule has 3 aliphatic rings. The largest absolute Gasteiger partial charge is 0.353 e. The fraction of sp³-hybridized carbons (Fsp3) is 0.600. The number of carbonyl (C=O) groups excluding carboxylic acids is 2. The summed E-state index contributed by atoms with van der Waals surface area (Å²) in [5.41, 5.74) is 6.39. The van der Waals surface area contributed by atoms with E-state index in [4.69, 9.17) is 0 Å². The SMILES string of the molecule is O=C1CN(C(=O)C2NNC3CCN(c4ncccn4)CC32)CCN1. The van der Waals surface area contributed by atoms with E-state index >= 15 is 0 Å². The number of rotatable bonds is 2. The van der Waals surface area contributed by atoms with E-state index in [9.17, 15) is 9.59 Å². The van der Waals surface area contributed by atoms with Gasteiger partial charge in [0.2, 0.25) is 17.8 Å². The van der Waals surface area contributed by atoms with Gasteiger partial charge in [-0.2, -0.15) is 0 Å². The molecule has 9 heteroatoms. The molecule has 0 saturated carbocycles. The van der Waals surface area contributed by atoms with Crippen LogP contribution in [0.15, 0.2) is 18.5 Å². The number of piperidine rings is 1. The van der Waals surface area contributed by atoms with Crippen molar-refractivity contribution in [1.29, 1.82) is 0 Å². The summed E-state index contributed by atoms with van der Waals surface area (Å²) in [4.78, 5) is 36.8. The first kappa shape index (κ1) is 15.3. The second-order valence-electron chi connectivity index (χ2n) is 6.43. The van der Waals surface area contributed by atoms with Crippen LogP contribution in [0.25, 0.3) is 0 Å². The number of carbonyl (C=O) groups is 2. The molecule has 1 aromatic heterocycles. The van der Waals surface area contributed by atoms with Crippen LogP contribution in [0.4, 0.5) is 5.95 Å². The zero-order chi connectivity index (χ0) is 16.5. The van der Waals surface area contributed by atoms with Gasteiger partial charge in [-0.3, -0.25) is 15.0 Å². The fourth-order valence-electron chi connectivity index (χ4n) is 3.71. The standard InChI is InChI=1S/C15H21N7O2/c23-12-9-21(7-5-16-12)14(24)13-10-8-22(6-2-11(10)19-20-13)15-17-3-1-4-18-15/h1,3-4,10-11,13,19-20H,2,5-9H2,(H,16,23). The Morgan fingerprint density at radius 2 is 2.04 bits per heavy atom. The van der Waals surface area contributed by atoms with E-state index < -0.39 is 0 Å². The zero-order valence-corrected chi connectivity index (χ0v) is 13.3. The first-order valence-corrected chi connectivity index (χ1v) is 8.31. The van der Waals surface area contributed by atoms with Gasteiger partial charge in [-0.05, 0) is 12.5 Å². The molecule has 4 heterocycles. The molecule has 3 aliphatic heterocycles. The Balaban J connectivity index is 1.47. The number of anilines is 1. The summed E-state index contributed by atoms with van der Waals surface area (Å²) >= 11 is 0. The van der Waals surface area contributed by atoms with Gasteiger partial charge in [0.15, 0.2) is 0 Å². The average molecular weight is 331 g/mol. The summed E-state index contributed by atoms with van der Waals surface area (Å²) in [6.45, 7) is 2.78. The second-order valence-corrected chi connectivity index (χ2v) is 6.43. The maximum atomic E-state index is 12.8. The predicted molar refractivity (Wildman–Crippen MR) is 85.8 cm³/mol. The highest BCUT2D eigenvalue weighted by Crippen LogP contribution is 2.27. The Morgan fingerprint density at radius 3 is 2.83 bits per heavy atom. The van der Waals surface area contributed by atoms with Crippen molar-refractivity contribution in [2.75, 3.05) is 37.6 Å². The number of nitrogens with zero attached hydrogens (tertiary/aromatic N) is 4. The lowest BCUT2D eigenvalue weighted by Gasteiger charge is -2.37. The minimum absolute atomic E-state index is 0.0133. The van der Waals surface area contributed by atoms with Gasteiger partial charge >= 0.3 is 0 Å². The summed E-state index contributed by atoms with van der Waals surface area (Å²) in [7, 11) is 0. The lowest BCUT2D eigenvalue weighted by atomic mass is 9.87. The van der Waals surface area contributed by atoms with E-state index in [-0.39, 0.29) is 36.4 Å². The molecule has 0 bridgehead atoms. The minimum atomic E-state index is -0.326. The summed E-state index contributed by atoms with van der Waals surface area (Å²) in [5.74, 6) is 0.715. The smallest absolute Gasteiger partial charge is 0.242 e. The molecule has 0 aromatic carbocycles. The van der Waals surface area contributed by atoms with Gasteiger partial charge in [-0.25, -0.2) is 15.4 Å². The molecular formula is C15H21N7O2. The van der Waals surface area contributed by atoms with Crippen LogP contribution in [-0.4, -0.2) is 71.5 Å². The molecule has 0 aliphatic carbocycles. The molecule has 9 nitrogen and oxygen atoms in total. The van der Waals surface area contributed by atoms with E-state index in [2.05, 4.69) is 31.0 Å². The van der Waals surface area contributed by atoms with Gasteiger partial charge in [0.05, 0.1) is 6.54 Å². The highest BCUT2D eigenvalue weighted by molar-refractivity contribution is 5.89. The number of amides is 2. The quantitative estimate of drug-likeness (QED) is 0.582. The van der Waals surface area contributed by atoms with Crippen LogP contribution in [0.2, 0.25) is 0 Å². The van der Waals surface area contributed by atoms with Crippen LogP contribution in [0.3, 0.4) is 0 Å². The Hall–Kier alpha value is -2.26. The normalized spacial score (nSPS) is 30.0. The predicted octanol–water partition coefficient (Wildman–Crippen LogP) is -1.89. The van der Waals surface area contributed by atoms with Gasteiger partial charge in [0.1, 0.15) is 6.04 Å². The van der Waals surface area contributed by atoms with Crippen molar-refractivity contribution >= 4 is 17.8 Å². The molecule has 1 aromatic rings. The summed E-state index contributed by atoms with van der Waals surface area (Å²) in [5, 5.41) is 2.75. The average Bonchev–Trinajstić information content (AvgIpc) is 3.05. The van der Waals surface area contributed by atoms with E-state index in [1.807, 2.05) is 0 Å². The van der Waals surface area contributed by atoms with Crippen LogP contribution in [-0.2, 0) is 9.59 Å². The van der Waals surface area contributed by atoms with Gasteiger partial charge in [-0.1, -0.05) is 0 Å². The summed E-state index contributed by atoms with van der Waals surface area (Å²) in [6.07, 6.45) is 4.38. The van der Waals surface area contributed by atoms with E-state index in [1.54, 1.807) is 23.4 Å². The van der Waals surface area contributed by atoms with E-state index in [0.29, 0.717) is 25.6 Å². The zero-order valence-electron chi connectivity index (χ0n) is 13.3. The van der Waals surface area contributed by atoms with Crippen LogP contribution in [0.1, 0.15) is 6.42 Å². The van der Waals surface area contributed by atoms with Gasteiger partial charge in [-0.15, -0.1) is 0 Å². The van der Waals surface area contributed by atoms with Crippen LogP contribution in [0, 0.1) is 5.92 Å². The van der Waals surface area contributed by atoms with Crippen molar-refractivity contribution in [2.24, 2.45) is 5.92 Å². The third-order valence-corrected chi connectivity index (χ3v) is 4.96. The topological polar surface area (TPSA) is 102 Å². The molecule has 2 amide bonds. The maximum absolute atomic E-state index is 12.8. The Morgan fingerprint density at radius 1 is 1.21 bits per heavy atom. The van der Waals surface area contributed by atoms with Crippen LogP contribution >= 0.6 is 0 Å². The molecule has 3 fully saturated rings. The Kier molecular flexibility index (Phi) is 4.03. The number of hydrogen-bond donors (Lipinski definition) is 3. The molecule has 3 unspecified atom stereocenters. The maximum Gasteiger partial charge on any atom is 0.242 e. The Labute approximate surface area is 139 Å². The molecule has 128 valence electrons. The minimum Gasteiger partial charge on any atom is -0.353 e. The summed E-state index contributed by atoms with van der Waals surface area (Å²) < 4.78 is 0. The monoisotopic (exact) mass is 331 g/mol. The highest BCUT2D eigenvalue weighted by atomic mass is 16.2. The third kappa shape index (κ3) is 2.80. The van der Waals surface area contributed by atoms with Crippen molar-refractivity contribution in [1.82, 2.24) is 31.0 Å². The molecule has 3 atom stereocenters. The number of hydrazine groups is 1. The lowest BCUT2D eigenvalue weighted by Crippen LogP contribution is -2.57. The summed E-state index contributed by atoms with van der Waals surface area (Å²) in [6, 6.07) is 1.72. The first-order chi connectivity index (χ1) is 11.7. The number of fused-ring (bicyclic) bond motifs is 1. The van der Waals surface area contributed by atoms with Crippen molar-refractivity contribution in [3.63, 3.8) is 0 Å². The third-order valence-electron chi connectivity index (χ3n) is 4.96. The molecule has 0 radical (unpaired) electrons. The number of piperazine rings is 1. The molecular weight excluding hydrogens is 310 g/mol. The number of hydrogen-bond acceptors (Lipinski definition) is 7. The van der Waals surface area contributed by atoms with E-state index in [1.165, 1.54) is 0 Å². The van der Waals surface area contributed by atoms with Gasteiger partial charge in [0.25, 0.3) is 0 Å². The van der Waals surface area contributed by atoms with Crippen LogP contribution in [0.5, 0.6) is 0 Å². The molecule has 24 heavy (non-hydrogen) atoms. The van der Waals surface area contributed by atoms with E-state index in [0.717, 1.165) is 13.0 Å².